The van der Waals surface area contributed by atoms with Crippen LogP contribution in [0.3, 0.4) is 0 Å². The zero-order valence-electron chi connectivity index (χ0n) is 10.3. The smallest absolute Gasteiger partial charge is 0.261 e. The van der Waals surface area contributed by atoms with Gasteiger partial charge in [0.1, 0.15) is 5.82 Å². The first-order chi connectivity index (χ1) is 9.29. The van der Waals surface area contributed by atoms with E-state index in [1.54, 1.807) is 19.1 Å². The average molecular weight is 423 g/mol. The molecule has 2 aromatic rings. The van der Waals surface area contributed by atoms with Gasteiger partial charge in [-0.15, -0.1) is 0 Å². The summed E-state index contributed by atoms with van der Waals surface area (Å²) in [5, 5.41) is 0. The van der Waals surface area contributed by atoms with Crippen LogP contribution < -0.4 is 4.72 Å². The Balaban J connectivity index is 2.38. The first-order valence-corrected chi connectivity index (χ1v) is 8.60. The predicted octanol–water partition coefficient (Wildman–Crippen LogP) is 4.46. The van der Waals surface area contributed by atoms with Crippen LogP contribution in [0.5, 0.6) is 0 Å². The van der Waals surface area contributed by atoms with E-state index < -0.39 is 15.8 Å². The number of aryl methyl sites for hydroxylation is 1. The van der Waals surface area contributed by atoms with Gasteiger partial charge >= 0.3 is 0 Å². The molecule has 3 nitrogen and oxygen atoms in total. The maximum absolute atomic E-state index is 13.0. The largest absolute Gasteiger partial charge is 0.278 e. The van der Waals surface area contributed by atoms with Gasteiger partial charge in [-0.1, -0.05) is 15.9 Å². The summed E-state index contributed by atoms with van der Waals surface area (Å²) in [7, 11) is -3.71. The van der Waals surface area contributed by atoms with Gasteiger partial charge in [-0.2, -0.15) is 0 Å². The molecule has 0 aliphatic heterocycles. The fourth-order valence-electron chi connectivity index (χ4n) is 1.56. The van der Waals surface area contributed by atoms with Crippen LogP contribution in [0.25, 0.3) is 0 Å². The van der Waals surface area contributed by atoms with Crippen molar-refractivity contribution < 1.29 is 12.8 Å². The second kappa shape index (κ2) is 5.83. The Labute approximate surface area is 133 Å². The van der Waals surface area contributed by atoms with Crippen LogP contribution in [0.2, 0.25) is 0 Å². The monoisotopic (exact) mass is 421 g/mol. The lowest BCUT2D eigenvalue weighted by atomic mass is 10.2. The molecule has 106 valence electrons. The van der Waals surface area contributed by atoms with Crippen molar-refractivity contribution in [2.45, 2.75) is 11.8 Å². The number of anilines is 1. The molecule has 0 heterocycles. The third-order valence-corrected chi connectivity index (χ3v) is 5.52. The van der Waals surface area contributed by atoms with Gasteiger partial charge in [-0.25, -0.2) is 12.8 Å². The standard InChI is InChI=1S/C13H10Br2FNO2S/c1-8-6-10(3-4-11(8)14)20(18,19)17-13-5-2-9(16)7-12(13)15/h2-7,17H,1H3. The van der Waals surface area contributed by atoms with E-state index in [2.05, 4.69) is 36.6 Å². The van der Waals surface area contributed by atoms with E-state index in [9.17, 15) is 12.8 Å². The lowest BCUT2D eigenvalue weighted by Crippen LogP contribution is -2.13. The first kappa shape index (κ1) is 15.5. The van der Waals surface area contributed by atoms with Gasteiger partial charge in [0, 0.05) is 8.95 Å². The molecule has 2 aromatic carbocycles. The number of hydrogen-bond acceptors (Lipinski definition) is 2. The first-order valence-electron chi connectivity index (χ1n) is 5.53. The lowest BCUT2D eigenvalue weighted by molar-refractivity contribution is 0.601. The normalized spacial score (nSPS) is 11.4. The van der Waals surface area contributed by atoms with E-state index in [-0.39, 0.29) is 10.6 Å². The molecule has 1 N–H and O–H groups in total. The summed E-state index contributed by atoms with van der Waals surface area (Å²) < 4.78 is 41.1. The van der Waals surface area contributed by atoms with Gasteiger partial charge in [0.25, 0.3) is 10.0 Å². The Hall–Kier alpha value is -0.920. The van der Waals surface area contributed by atoms with Crippen molar-refractivity contribution >= 4 is 47.6 Å². The summed E-state index contributed by atoms with van der Waals surface area (Å²) in [5.74, 6) is -0.445. The van der Waals surface area contributed by atoms with Crippen LogP contribution >= 0.6 is 31.9 Å². The summed E-state index contributed by atoms with van der Waals surface area (Å²) in [6, 6.07) is 8.48. The van der Waals surface area contributed by atoms with Crippen molar-refractivity contribution in [1.82, 2.24) is 0 Å². The quantitative estimate of drug-likeness (QED) is 0.793. The summed E-state index contributed by atoms with van der Waals surface area (Å²) in [4.78, 5) is 0.148. The highest BCUT2D eigenvalue weighted by atomic mass is 79.9. The Kier molecular flexibility index (Phi) is 4.51. The Morgan fingerprint density at radius 1 is 1.05 bits per heavy atom. The average Bonchev–Trinajstić information content (AvgIpc) is 2.36. The van der Waals surface area contributed by atoms with E-state index in [1.807, 2.05) is 0 Å². The molecule has 0 aromatic heterocycles. The molecular formula is C13H10Br2FNO2S. The molecule has 0 saturated heterocycles. The fraction of sp³-hybridized carbons (Fsp3) is 0.0769. The maximum atomic E-state index is 13.0. The molecule has 7 heteroatoms. The summed E-state index contributed by atoms with van der Waals surface area (Å²) >= 11 is 6.44. The van der Waals surface area contributed by atoms with Gasteiger partial charge in [0.05, 0.1) is 10.6 Å². The number of hydrogen-bond donors (Lipinski definition) is 1. The van der Waals surface area contributed by atoms with E-state index in [0.717, 1.165) is 10.0 Å². The van der Waals surface area contributed by atoms with Crippen LogP contribution in [0.4, 0.5) is 10.1 Å². The van der Waals surface area contributed by atoms with Crippen molar-refractivity contribution in [2.75, 3.05) is 4.72 Å². The highest BCUT2D eigenvalue weighted by Gasteiger charge is 2.16. The SMILES string of the molecule is Cc1cc(S(=O)(=O)Nc2ccc(F)cc2Br)ccc1Br. The topological polar surface area (TPSA) is 46.2 Å². The van der Waals surface area contributed by atoms with Crippen LogP contribution in [-0.4, -0.2) is 8.42 Å². The third-order valence-electron chi connectivity index (χ3n) is 2.62. The van der Waals surface area contributed by atoms with Crippen LogP contribution in [-0.2, 0) is 10.0 Å². The molecule has 0 unspecified atom stereocenters. The Bertz CT molecular complexity index is 763. The molecule has 0 aliphatic carbocycles. The molecule has 0 fully saturated rings. The molecule has 0 radical (unpaired) electrons. The number of sulfonamides is 1. The fourth-order valence-corrected chi connectivity index (χ4v) is 3.55. The van der Waals surface area contributed by atoms with Crippen LogP contribution in [0.1, 0.15) is 5.56 Å². The van der Waals surface area contributed by atoms with Crippen molar-refractivity contribution in [1.29, 1.82) is 0 Å². The van der Waals surface area contributed by atoms with Gasteiger partial charge in [0.15, 0.2) is 0 Å². The summed E-state index contributed by atoms with van der Waals surface area (Å²) in [6.07, 6.45) is 0. The number of halogens is 3. The highest BCUT2D eigenvalue weighted by molar-refractivity contribution is 9.11. The minimum Gasteiger partial charge on any atom is -0.278 e. The lowest BCUT2D eigenvalue weighted by Gasteiger charge is -2.10. The van der Waals surface area contributed by atoms with Crippen molar-refractivity contribution in [3.63, 3.8) is 0 Å². The molecule has 0 saturated carbocycles. The summed E-state index contributed by atoms with van der Waals surface area (Å²) in [6.45, 7) is 1.80. The molecule has 0 atom stereocenters. The van der Waals surface area contributed by atoms with E-state index in [4.69, 9.17) is 0 Å². The van der Waals surface area contributed by atoms with E-state index in [0.29, 0.717) is 4.47 Å². The highest BCUT2D eigenvalue weighted by Crippen LogP contribution is 2.27. The third kappa shape index (κ3) is 3.39. The van der Waals surface area contributed by atoms with Crippen molar-refractivity contribution in [3.8, 4) is 0 Å². The van der Waals surface area contributed by atoms with Gasteiger partial charge < -0.3 is 0 Å². The minimum absolute atomic E-state index is 0.148. The molecule has 0 bridgehead atoms. The summed E-state index contributed by atoms with van der Waals surface area (Å²) in [5.41, 5.74) is 1.10. The molecule has 20 heavy (non-hydrogen) atoms. The van der Waals surface area contributed by atoms with Crippen LogP contribution in [0, 0.1) is 12.7 Å². The van der Waals surface area contributed by atoms with Gasteiger partial charge in [-0.3, -0.25) is 4.72 Å². The molecule has 0 amide bonds. The molecule has 0 aliphatic rings. The molecular weight excluding hydrogens is 413 g/mol. The van der Waals surface area contributed by atoms with E-state index >= 15 is 0 Å². The maximum Gasteiger partial charge on any atom is 0.261 e. The minimum atomic E-state index is -3.71. The Morgan fingerprint density at radius 2 is 1.75 bits per heavy atom. The second-order valence-electron chi connectivity index (χ2n) is 4.14. The van der Waals surface area contributed by atoms with Gasteiger partial charge in [-0.05, 0) is 64.8 Å². The zero-order valence-corrected chi connectivity index (χ0v) is 14.3. The number of benzene rings is 2. The van der Waals surface area contributed by atoms with Crippen LogP contribution in [0.15, 0.2) is 50.2 Å². The molecule has 2 rings (SSSR count). The van der Waals surface area contributed by atoms with Crippen molar-refractivity contribution in [3.05, 3.63) is 56.7 Å². The van der Waals surface area contributed by atoms with Gasteiger partial charge in [0.2, 0.25) is 0 Å². The zero-order chi connectivity index (χ0) is 14.9. The molecule has 0 spiro atoms. The number of nitrogens with one attached hydrogen (secondary N) is 1. The number of rotatable bonds is 3. The Morgan fingerprint density at radius 3 is 2.35 bits per heavy atom. The predicted molar refractivity (Wildman–Crippen MR) is 83.8 cm³/mol. The van der Waals surface area contributed by atoms with Crippen molar-refractivity contribution in [2.24, 2.45) is 0 Å². The second-order valence-corrected chi connectivity index (χ2v) is 7.53. The van der Waals surface area contributed by atoms with E-state index in [1.165, 1.54) is 24.3 Å².